The molecule has 5 heteroatoms. The van der Waals surface area contributed by atoms with E-state index >= 15 is 0 Å². The number of amides is 1. The Morgan fingerprint density at radius 1 is 1.19 bits per heavy atom. The molecule has 1 aliphatic heterocycles. The number of nitrogens with one attached hydrogen (secondary N) is 1. The van der Waals surface area contributed by atoms with Crippen LogP contribution in [0, 0.1) is 5.41 Å². The molecule has 0 aliphatic carbocycles. The van der Waals surface area contributed by atoms with E-state index in [4.69, 9.17) is 4.74 Å². The molecular formula is C16H21NO4. The molecule has 114 valence electrons. The minimum absolute atomic E-state index is 0.106. The van der Waals surface area contributed by atoms with Crippen molar-refractivity contribution in [3.63, 3.8) is 0 Å². The van der Waals surface area contributed by atoms with Gasteiger partial charge < -0.3 is 15.2 Å². The Balaban J connectivity index is 1.80. The summed E-state index contributed by atoms with van der Waals surface area (Å²) in [5, 5.41) is 12.2. The fraction of sp³-hybridized carbons (Fsp3) is 0.500. The molecular weight excluding hydrogens is 270 g/mol. The van der Waals surface area contributed by atoms with E-state index in [1.165, 1.54) is 0 Å². The van der Waals surface area contributed by atoms with Crippen molar-refractivity contribution < 1.29 is 19.4 Å². The second-order valence-electron chi connectivity index (χ2n) is 5.46. The van der Waals surface area contributed by atoms with Gasteiger partial charge in [0, 0.05) is 26.2 Å². The van der Waals surface area contributed by atoms with Gasteiger partial charge in [0.1, 0.15) is 0 Å². The van der Waals surface area contributed by atoms with Gasteiger partial charge in [-0.3, -0.25) is 9.59 Å². The number of carbonyl (C=O) groups excluding carboxylic acids is 1. The predicted octanol–water partition coefficient (Wildman–Crippen LogP) is 1.62. The molecule has 1 saturated heterocycles. The van der Waals surface area contributed by atoms with Crippen LogP contribution in [0.25, 0.3) is 0 Å². The van der Waals surface area contributed by atoms with Gasteiger partial charge >= 0.3 is 5.97 Å². The van der Waals surface area contributed by atoms with Crippen LogP contribution in [0.4, 0.5) is 0 Å². The van der Waals surface area contributed by atoms with Gasteiger partial charge in [0.15, 0.2) is 0 Å². The average molecular weight is 291 g/mol. The highest BCUT2D eigenvalue weighted by Gasteiger charge is 2.40. The van der Waals surface area contributed by atoms with E-state index in [-0.39, 0.29) is 12.5 Å². The minimum Gasteiger partial charge on any atom is -0.481 e. The van der Waals surface area contributed by atoms with Crippen molar-refractivity contribution in [1.29, 1.82) is 0 Å². The Morgan fingerprint density at radius 2 is 1.86 bits per heavy atom. The van der Waals surface area contributed by atoms with E-state index < -0.39 is 11.4 Å². The van der Waals surface area contributed by atoms with Crippen LogP contribution in [0.2, 0.25) is 0 Å². The standard InChI is InChI=1S/C16H21NO4/c18-14(7-6-13-4-2-1-3-5-13)17-12-16(15(19)20)8-10-21-11-9-16/h1-5H,6-12H2,(H,17,18)(H,19,20). The van der Waals surface area contributed by atoms with Gasteiger partial charge in [0.05, 0.1) is 5.41 Å². The van der Waals surface area contributed by atoms with Crippen LogP contribution >= 0.6 is 0 Å². The third kappa shape index (κ3) is 4.29. The van der Waals surface area contributed by atoms with Gasteiger partial charge in [-0.25, -0.2) is 0 Å². The summed E-state index contributed by atoms with van der Waals surface area (Å²) in [6, 6.07) is 9.77. The Bertz CT molecular complexity index is 480. The third-order valence-electron chi connectivity index (χ3n) is 4.01. The summed E-state index contributed by atoms with van der Waals surface area (Å²) in [5.41, 5.74) is 0.229. The van der Waals surface area contributed by atoms with Crippen molar-refractivity contribution >= 4 is 11.9 Å². The zero-order chi connectivity index (χ0) is 15.1. The number of carboxylic acids is 1. The van der Waals surface area contributed by atoms with E-state index in [9.17, 15) is 14.7 Å². The van der Waals surface area contributed by atoms with Crippen molar-refractivity contribution in [2.24, 2.45) is 5.41 Å². The summed E-state index contributed by atoms with van der Waals surface area (Å²) in [6.45, 7) is 1.05. The molecule has 2 N–H and O–H groups in total. The second kappa shape index (κ2) is 7.22. The van der Waals surface area contributed by atoms with E-state index in [0.29, 0.717) is 38.9 Å². The summed E-state index contributed by atoms with van der Waals surface area (Å²) in [4.78, 5) is 23.3. The molecule has 1 fully saturated rings. The molecule has 0 bridgehead atoms. The molecule has 21 heavy (non-hydrogen) atoms. The van der Waals surface area contributed by atoms with Gasteiger partial charge in [-0.05, 0) is 24.8 Å². The number of aryl methyl sites for hydroxylation is 1. The van der Waals surface area contributed by atoms with Gasteiger partial charge in [-0.15, -0.1) is 0 Å². The number of ether oxygens (including phenoxy) is 1. The Morgan fingerprint density at radius 3 is 2.48 bits per heavy atom. The van der Waals surface area contributed by atoms with E-state index in [2.05, 4.69) is 5.32 Å². The first-order chi connectivity index (χ1) is 10.1. The lowest BCUT2D eigenvalue weighted by Crippen LogP contribution is -2.46. The number of carboxylic acid groups (broad SMARTS) is 1. The molecule has 2 rings (SSSR count). The Hall–Kier alpha value is -1.88. The first-order valence-corrected chi connectivity index (χ1v) is 7.24. The van der Waals surface area contributed by atoms with Crippen LogP contribution in [0.5, 0.6) is 0 Å². The predicted molar refractivity (Wildman–Crippen MR) is 77.9 cm³/mol. The summed E-state index contributed by atoms with van der Waals surface area (Å²) in [7, 11) is 0. The SMILES string of the molecule is O=C(CCc1ccccc1)NCC1(C(=O)O)CCOCC1. The van der Waals surface area contributed by atoms with Crippen LogP contribution in [0.1, 0.15) is 24.8 Å². The normalized spacial score (nSPS) is 17.1. The van der Waals surface area contributed by atoms with Gasteiger partial charge in [-0.2, -0.15) is 0 Å². The van der Waals surface area contributed by atoms with E-state index in [1.807, 2.05) is 30.3 Å². The van der Waals surface area contributed by atoms with Crippen molar-refractivity contribution in [2.45, 2.75) is 25.7 Å². The summed E-state index contributed by atoms with van der Waals surface area (Å²) in [5.74, 6) is -0.958. The molecule has 0 saturated carbocycles. The van der Waals surface area contributed by atoms with Crippen molar-refractivity contribution in [1.82, 2.24) is 5.32 Å². The number of benzene rings is 1. The highest BCUT2D eigenvalue weighted by Crippen LogP contribution is 2.30. The Labute approximate surface area is 124 Å². The lowest BCUT2D eigenvalue weighted by atomic mass is 9.80. The van der Waals surface area contributed by atoms with Crippen LogP contribution in [-0.4, -0.2) is 36.7 Å². The summed E-state index contributed by atoms with van der Waals surface area (Å²) in [6.07, 6.45) is 1.93. The highest BCUT2D eigenvalue weighted by atomic mass is 16.5. The van der Waals surface area contributed by atoms with Gasteiger partial charge in [0.25, 0.3) is 0 Å². The highest BCUT2D eigenvalue weighted by molar-refractivity contribution is 5.79. The lowest BCUT2D eigenvalue weighted by Gasteiger charge is -2.33. The van der Waals surface area contributed by atoms with Crippen molar-refractivity contribution in [2.75, 3.05) is 19.8 Å². The maximum atomic E-state index is 11.9. The molecule has 0 unspecified atom stereocenters. The number of hydrogen-bond donors (Lipinski definition) is 2. The molecule has 0 atom stereocenters. The zero-order valence-corrected chi connectivity index (χ0v) is 12.0. The average Bonchev–Trinajstić information content (AvgIpc) is 2.52. The molecule has 0 aromatic heterocycles. The molecule has 5 nitrogen and oxygen atoms in total. The number of carbonyl (C=O) groups is 2. The molecule has 1 amide bonds. The monoisotopic (exact) mass is 291 g/mol. The third-order valence-corrected chi connectivity index (χ3v) is 4.01. The number of aliphatic carboxylic acids is 1. The topological polar surface area (TPSA) is 75.6 Å². The fourth-order valence-electron chi connectivity index (χ4n) is 2.49. The van der Waals surface area contributed by atoms with Crippen LogP contribution in [0.3, 0.4) is 0 Å². The van der Waals surface area contributed by atoms with Crippen LogP contribution in [0.15, 0.2) is 30.3 Å². The minimum atomic E-state index is -0.874. The summed E-state index contributed by atoms with van der Waals surface area (Å²) < 4.78 is 5.21. The number of hydrogen-bond acceptors (Lipinski definition) is 3. The zero-order valence-electron chi connectivity index (χ0n) is 12.0. The lowest BCUT2D eigenvalue weighted by molar-refractivity contribution is -0.154. The second-order valence-corrected chi connectivity index (χ2v) is 5.46. The first kappa shape index (κ1) is 15.5. The Kier molecular flexibility index (Phi) is 5.33. The van der Waals surface area contributed by atoms with Crippen molar-refractivity contribution in [3.8, 4) is 0 Å². The van der Waals surface area contributed by atoms with Crippen LogP contribution < -0.4 is 5.32 Å². The van der Waals surface area contributed by atoms with Crippen molar-refractivity contribution in [3.05, 3.63) is 35.9 Å². The van der Waals surface area contributed by atoms with Gasteiger partial charge in [0.2, 0.25) is 5.91 Å². The summed E-state index contributed by atoms with van der Waals surface area (Å²) >= 11 is 0. The van der Waals surface area contributed by atoms with E-state index in [0.717, 1.165) is 5.56 Å². The maximum absolute atomic E-state index is 11.9. The largest absolute Gasteiger partial charge is 0.481 e. The quantitative estimate of drug-likeness (QED) is 0.835. The van der Waals surface area contributed by atoms with Crippen LogP contribution in [-0.2, 0) is 20.7 Å². The molecule has 1 aliphatic rings. The van der Waals surface area contributed by atoms with E-state index in [1.54, 1.807) is 0 Å². The van der Waals surface area contributed by atoms with Gasteiger partial charge in [-0.1, -0.05) is 30.3 Å². The molecule has 1 aromatic carbocycles. The fourth-order valence-corrected chi connectivity index (χ4v) is 2.49. The molecule has 0 spiro atoms. The molecule has 1 aromatic rings. The smallest absolute Gasteiger partial charge is 0.311 e. The first-order valence-electron chi connectivity index (χ1n) is 7.24. The molecule has 1 heterocycles. The number of rotatable bonds is 6. The maximum Gasteiger partial charge on any atom is 0.311 e. The molecule has 0 radical (unpaired) electrons.